The third kappa shape index (κ3) is 5.13. The van der Waals surface area contributed by atoms with Crippen molar-refractivity contribution in [2.75, 3.05) is 25.1 Å². The SMILES string of the molecule is COCc1cc(C(=O)NC2CCN(c3cccc(OC(F)(F)F)c3)C2)no1. The Labute approximate surface area is 153 Å². The van der Waals surface area contributed by atoms with Gasteiger partial charge >= 0.3 is 6.36 Å². The molecule has 1 N–H and O–H groups in total. The molecule has 1 amide bonds. The Morgan fingerprint density at radius 3 is 2.96 bits per heavy atom. The van der Waals surface area contributed by atoms with Gasteiger partial charge in [0.15, 0.2) is 11.5 Å². The van der Waals surface area contributed by atoms with Gasteiger partial charge in [-0.05, 0) is 18.6 Å². The number of amides is 1. The fourth-order valence-corrected chi connectivity index (χ4v) is 2.88. The van der Waals surface area contributed by atoms with Gasteiger partial charge in [-0.25, -0.2) is 0 Å². The van der Waals surface area contributed by atoms with Gasteiger partial charge in [0.05, 0.1) is 0 Å². The Hall–Kier alpha value is -2.75. The second-order valence-corrected chi connectivity index (χ2v) is 6.06. The first-order valence-corrected chi connectivity index (χ1v) is 8.20. The van der Waals surface area contributed by atoms with Crippen molar-refractivity contribution in [1.29, 1.82) is 0 Å². The van der Waals surface area contributed by atoms with Crippen LogP contribution in [0.5, 0.6) is 5.75 Å². The van der Waals surface area contributed by atoms with E-state index in [0.717, 1.165) is 0 Å². The summed E-state index contributed by atoms with van der Waals surface area (Å²) in [6, 6.07) is 7.11. The van der Waals surface area contributed by atoms with Crippen molar-refractivity contribution in [3.8, 4) is 5.75 Å². The van der Waals surface area contributed by atoms with Crippen LogP contribution in [-0.2, 0) is 11.3 Å². The van der Waals surface area contributed by atoms with E-state index >= 15 is 0 Å². The lowest BCUT2D eigenvalue weighted by Crippen LogP contribution is -2.37. The number of rotatable bonds is 6. The van der Waals surface area contributed by atoms with Crippen LogP contribution < -0.4 is 15.0 Å². The molecular formula is C17H18F3N3O4. The Bertz CT molecular complexity index is 794. The summed E-state index contributed by atoms with van der Waals surface area (Å²) in [5, 5.41) is 6.54. The summed E-state index contributed by atoms with van der Waals surface area (Å²) < 4.78 is 50.9. The Balaban J connectivity index is 1.58. The highest BCUT2D eigenvalue weighted by Crippen LogP contribution is 2.28. The Morgan fingerprint density at radius 2 is 2.22 bits per heavy atom. The molecule has 0 aliphatic carbocycles. The monoisotopic (exact) mass is 385 g/mol. The van der Waals surface area contributed by atoms with Crippen molar-refractivity contribution in [3.05, 3.63) is 41.8 Å². The molecule has 2 aromatic rings. The smallest absolute Gasteiger partial charge is 0.406 e. The van der Waals surface area contributed by atoms with Crippen molar-refractivity contribution in [2.24, 2.45) is 0 Å². The second-order valence-electron chi connectivity index (χ2n) is 6.06. The van der Waals surface area contributed by atoms with Crippen LogP contribution in [0, 0.1) is 0 Å². The number of aromatic nitrogens is 1. The van der Waals surface area contributed by atoms with E-state index in [1.807, 2.05) is 4.90 Å². The van der Waals surface area contributed by atoms with Gasteiger partial charge in [-0.15, -0.1) is 13.2 Å². The molecule has 1 aromatic carbocycles. The molecule has 3 rings (SSSR count). The highest BCUT2D eigenvalue weighted by molar-refractivity contribution is 5.92. The van der Waals surface area contributed by atoms with Crippen molar-refractivity contribution >= 4 is 11.6 Å². The lowest BCUT2D eigenvalue weighted by molar-refractivity contribution is -0.274. The van der Waals surface area contributed by atoms with Crippen LogP contribution in [0.2, 0.25) is 0 Å². The number of carbonyl (C=O) groups excluding carboxylic acids is 1. The van der Waals surface area contributed by atoms with E-state index in [0.29, 0.717) is 31.0 Å². The number of anilines is 1. The number of hydrogen-bond donors (Lipinski definition) is 1. The number of nitrogens with zero attached hydrogens (tertiary/aromatic N) is 2. The predicted octanol–water partition coefficient (Wildman–Crippen LogP) is 2.73. The highest BCUT2D eigenvalue weighted by atomic mass is 19.4. The van der Waals surface area contributed by atoms with E-state index in [2.05, 4.69) is 15.2 Å². The first-order valence-electron chi connectivity index (χ1n) is 8.20. The molecule has 7 nitrogen and oxygen atoms in total. The zero-order valence-electron chi connectivity index (χ0n) is 14.5. The molecule has 1 unspecified atom stereocenters. The first-order chi connectivity index (χ1) is 12.8. The molecule has 146 valence electrons. The lowest BCUT2D eigenvalue weighted by atomic mass is 10.2. The van der Waals surface area contributed by atoms with Crippen LogP contribution in [0.4, 0.5) is 18.9 Å². The topological polar surface area (TPSA) is 76.8 Å². The van der Waals surface area contributed by atoms with E-state index in [1.165, 1.54) is 31.4 Å². The van der Waals surface area contributed by atoms with E-state index < -0.39 is 6.36 Å². The number of nitrogens with one attached hydrogen (secondary N) is 1. The summed E-state index contributed by atoms with van der Waals surface area (Å²) in [6.45, 7) is 1.27. The molecule has 1 saturated heterocycles. The number of methoxy groups -OCH3 is 1. The fourth-order valence-electron chi connectivity index (χ4n) is 2.88. The molecule has 27 heavy (non-hydrogen) atoms. The molecule has 1 fully saturated rings. The molecule has 2 heterocycles. The number of halogens is 3. The van der Waals surface area contributed by atoms with Gasteiger partial charge in [-0.3, -0.25) is 4.79 Å². The number of benzene rings is 1. The summed E-state index contributed by atoms with van der Waals surface area (Å²) in [6.07, 6.45) is -4.09. The van der Waals surface area contributed by atoms with Gasteiger partial charge in [0, 0.05) is 44.1 Å². The average Bonchev–Trinajstić information content (AvgIpc) is 3.23. The van der Waals surface area contributed by atoms with Crippen molar-refractivity contribution in [3.63, 3.8) is 0 Å². The summed E-state index contributed by atoms with van der Waals surface area (Å²) in [5.74, 6) is -0.208. The minimum absolute atomic E-state index is 0.154. The van der Waals surface area contributed by atoms with Gasteiger partial charge in [0.25, 0.3) is 5.91 Å². The van der Waals surface area contributed by atoms with Crippen molar-refractivity contribution in [1.82, 2.24) is 10.5 Å². The zero-order chi connectivity index (χ0) is 19.4. The Morgan fingerprint density at radius 1 is 1.41 bits per heavy atom. The minimum Gasteiger partial charge on any atom is -0.406 e. The maximum absolute atomic E-state index is 12.4. The summed E-state index contributed by atoms with van der Waals surface area (Å²) in [5.41, 5.74) is 0.749. The number of hydrogen-bond acceptors (Lipinski definition) is 6. The molecular weight excluding hydrogens is 367 g/mol. The van der Waals surface area contributed by atoms with E-state index in [4.69, 9.17) is 9.26 Å². The fraction of sp³-hybridized carbons (Fsp3) is 0.412. The van der Waals surface area contributed by atoms with Crippen molar-refractivity contribution < 1.29 is 32.0 Å². The third-order valence-electron chi connectivity index (χ3n) is 4.02. The molecule has 1 aliphatic heterocycles. The summed E-state index contributed by atoms with van der Waals surface area (Å²) in [4.78, 5) is 14.1. The molecule has 1 atom stereocenters. The van der Waals surface area contributed by atoms with Gasteiger partial charge in [-0.1, -0.05) is 11.2 Å². The van der Waals surface area contributed by atoms with Crippen LogP contribution in [0.25, 0.3) is 0 Å². The van der Waals surface area contributed by atoms with Gasteiger partial charge in [0.1, 0.15) is 12.4 Å². The zero-order valence-corrected chi connectivity index (χ0v) is 14.5. The Kier molecular flexibility index (Phi) is 5.54. The van der Waals surface area contributed by atoms with Gasteiger partial charge in [-0.2, -0.15) is 0 Å². The number of alkyl halides is 3. The lowest BCUT2D eigenvalue weighted by Gasteiger charge is -2.20. The van der Waals surface area contributed by atoms with Crippen LogP contribution in [0.3, 0.4) is 0 Å². The first kappa shape index (κ1) is 19.0. The van der Waals surface area contributed by atoms with Crippen LogP contribution >= 0.6 is 0 Å². The predicted molar refractivity (Wildman–Crippen MR) is 88.4 cm³/mol. The third-order valence-corrected chi connectivity index (χ3v) is 4.02. The van der Waals surface area contributed by atoms with Crippen LogP contribution in [0.15, 0.2) is 34.9 Å². The van der Waals surface area contributed by atoms with Crippen LogP contribution in [-0.4, -0.2) is 43.7 Å². The van der Waals surface area contributed by atoms with E-state index in [9.17, 15) is 18.0 Å². The second kappa shape index (κ2) is 7.87. The van der Waals surface area contributed by atoms with Gasteiger partial charge < -0.3 is 24.2 Å². The molecule has 0 saturated carbocycles. The van der Waals surface area contributed by atoms with E-state index in [-0.39, 0.29) is 30.0 Å². The standard InChI is InChI=1S/C17H18F3N3O4/c1-25-10-14-8-15(22-27-14)16(24)21-11-5-6-23(9-11)12-3-2-4-13(7-12)26-17(18,19)20/h2-4,7-8,11H,5-6,9-10H2,1H3,(H,21,24). The largest absolute Gasteiger partial charge is 0.573 e. The molecule has 0 spiro atoms. The maximum atomic E-state index is 12.4. The van der Waals surface area contributed by atoms with Gasteiger partial charge in [0.2, 0.25) is 0 Å². The maximum Gasteiger partial charge on any atom is 0.573 e. The molecule has 1 aromatic heterocycles. The number of carbonyl (C=O) groups is 1. The minimum atomic E-state index is -4.74. The molecule has 1 aliphatic rings. The molecule has 0 bridgehead atoms. The van der Waals surface area contributed by atoms with Crippen molar-refractivity contribution in [2.45, 2.75) is 25.4 Å². The molecule has 10 heteroatoms. The normalized spacial score (nSPS) is 17.2. The van der Waals surface area contributed by atoms with Crippen LogP contribution in [0.1, 0.15) is 22.7 Å². The summed E-state index contributed by atoms with van der Waals surface area (Å²) in [7, 11) is 1.50. The quantitative estimate of drug-likeness (QED) is 0.824. The summed E-state index contributed by atoms with van der Waals surface area (Å²) >= 11 is 0. The number of ether oxygens (including phenoxy) is 2. The van der Waals surface area contributed by atoms with E-state index in [1.54, 1.807) is 6.07 Å². The molecule has 0 radical (unpaired) electrons. The average molecular weight is 385 g/mol. The highest BCUT2D eigenvalue weighted by Gasteiger charge is 2.31.